The van der Waals surface area contributed by atoms with Gasteiger partial charge < -0.3 is 0 Å². The Morgan fingerprint density at radius 2 is 0.941 bits per heavy atom. The third kappa shape index (κ3) is 1.94. The van der Waals surface area contributed by atoms with Gasteiger partial charge in [-0.05, 0) is 49.4 Å². The molecule has 4 aliphatic rings. The van der Waals surface area contributed by atoms with E-state index in [1.165, 1.54) is 71.4 Å². The van der Waals surface area contributed by atoms with E-state index in [1.54, 1.807) is 0 Å². The topological polar surface area (TPSA) is 6.48 Å². The molecule has 2 heteroatoms. The van der Waals surface area contributed by atoms with Crippen LogP contribution in [0, 0.1) is 23.7 Å². The number of hydrogen-bond acceptors (Lipinski definition) is 2. The highest BCUT2D eigenvalue weighted by Gasteiger charge is 2.39. The van der Waals surface area contributed by atoms with E-state index in [2.05, 4.69) is 9.80 Å². The fraction of sp³-hybridized carbons (Fsp3) is 1.00. The van der Waals surface area contributed by atoms with Gasteiger partial charge in [0.2, 0.25) is 0 Å². The summed E-state index contributed by atoms with van der Waals surface area (Å²) in [5.41, 5.74) is 0. The molecule has 0 radical (unpaired) electrons. The molecule has 2 aliphatic heterocycles. The van der Waals surface area contributed by atoms with Crippen LogP contribution >= 0.6 is 0 Å². The minimum absolute atomic E-state index is 1.07. The van der Waals surface area contributed by atoms with Crippen molar-refractivity contribution in [2.24, 2.45) is 23.7 Å². The summed E-state index contributed by atoms with van der Waals surface area (Å²) < 4.78 is 0. The Labute approximate surface area is 105 Å². The summed E-state index contributed by atoms with van der Waals surface area (Å²) in [6, 6.07) is 0. The van der Waals surface area contributed by atoms with Crippen LogP contribution in [0.5, 0.6) is 0 Å². The summed E-state index contributed by atoms with van der Waals surface area (Å²) in [4.78, 5) is 5.52. The highest BCUT2D eigenvalue weighted by atomic mass is 15.3. The third-order valence-corrected chi connectivity index (χ3v) is 6.00. The molecular weight excluding hydrogens is 208 g/mol. The largest absolute Gasteiger partial charge is 0.290 e. The first-order chi connectivity index (χ1) is 8.38. The zero-order valence-electron chi connectivity index (χ0n) is 11.0. The van der Waals surface area contributed by atoms with Crippen molar-refractivity contribution < 1.29 is 0 Å². The van der Waals surface area contributed by atoms with Crippen LogP contribution in [0.15, 0.2) is 0 Å². The molecule has 4 fully saturated rings. The molecule has 0 bridgehead atoms. The summed E-state index contributed by atoms with van der Waals surface area (Å²) in [6.45, 7) is 6.94. The first-order valence-corrected chi connectivity index (χ1v) is 7.83. The Hall–Kier alpha value is -0.0800. The molecule has 96 valence electrons. The van der Waals surface area contributed by atoms with Crippen molar-refractivity contribution in [2.45, 2.75) is 38.5 Å². The molecule has 0 N–H and O–H groups in total. The van der Waals surface area contributed by atoms with Crippen molar-refractivity contribution in [3.8, 4) is 0 Å². The molecule has 0 aromatic rings. The lowest BCUT2D eigenvalue weighted by Crippen LogP contribution is -2.36. The second kappa shape index (κ2) is 4.24. The van der Waals surface area contributed by atoms with Crippen molar-refractivity contribution in [3.63, 3.8) is 0 Å². The van der Waals surface area contributed by atoms with Crippen LogP contribution in [0.2, 0.25) is 0 Å². The smallest absolute Gasteiger partial charge is 0.0506 e. The Morgan fingerprint density at radius 1 is 0.588 bits per heavy atom. The second-order valence-electron chi connectivity index (χ2n) is 7.12. The number of likely N-dealkylation sites (tertiary alicyclic amines) is 2. The van der Waals surface area contributed by atoms with Gasteiger partial charge in [0.25, 0.3) is 0 Å². The van der Waals surface area contributed by atoms with E-state index < -0.39 is 0 Å². The summed E-state index contributed by atoms with van der Waals surface area (Å²) >= 11 is 0. The fourth-order valence-electron chi connectivity index (χ4n) is 5.18. The summed E-state index contributed by atoms with van der Waals surface area (Å²) in [5.74, 6) is 4.27. The van der Waals surface area contributed by atoms with Crippen LogP contribution < -0.4 is 0 Å². The minimum Gasteiger partial charge on any atom is -0.290 e. The molecule has 0 aromatic carbocycles. The van der Waals surface area contributed by atoms with Crippen molar-refractivity contribution in [2.75, 3.05) is 32.8 Å². The SMILES string of the molecule is C1CC2CN(CN3CC4CCCC4C3)CC2C1. The number of fused-ring (bicyclic) bond motifs is 2. The highest BCUT2D eigenvalue weighted by Crippen LogP contribution is 2.40. The lowest BCUT2D eigenvalue weighted by molar-refractivity contribution is 0.162. The standard InChI is InChI=1S/C15H26N2/c1-3-12-7-16(8-13(12)4-1)11-17-9-14-5-2-6-15(14)10-17/h12-15H,1-11H2. The maximum Gasteiger partial charge on any atom is 0.0506 e. The Bertz CT molecular complexity index is 239. The van der Waals surface area contributed by atoms with E-state index in [0.29, 0.717) is 0 Å². The van der Waals surface area contributed by atoms with Gasteiger partial charge in [-0.2, -0.15) is 0 Å². The zero-order chi connectivity index (χ0) is 11.2. The number of hydrogen-bond donors (Lipinski definition) is 0. The molecule has 2 saturated carbocycles. The molecule has 2 heterocycles. The van der Waals surface area contributed by atoms with E-state index in [4.69, 9.17) is 0 Å². The molecule has 0 aromatic heterocycles. The normalized spacial score (nSPS) is 46.6. The Kier molecular flexibility index (Phi) is 2.69. The Morgan fingerprint density at radius 3 is 1.29 bits per heavy atom. The van der Waals surface area contributed by atoms with Gasteiger partial charge in [-0.25, -0.2) is 0 Å². The number of nitrogens with zero attached hydrogens (tertiary/aromatic N) is 2. The third-order valence-electron chi connectivity index (χ3n) is 6.00. The van der Waals surface area contributed by atoms with E-state index in [0.717, 1.165) is 23.7 Å². The van der Waals surface area contributed by atoms with Crippen LogP contribution in [-0.2, 0) is 0 Å². The average Bonchev–Trinajstić information content (AvgIpc) is 2.93. The van der Waals surface area contributed by atoms with Crippen LogP contribution in [0.1, 0.15) is 38.5 Å². The molecule has 17 heavy (non-hydrogen) atoms. The van der Waals surface area contributed by atoms with Crippen molar-refractivity contribution in [1.82, 2.24) is 9.80 Å². The predicted molar refractivity (Wildman–Crippen MR) is 69.7 cm³/mol. The van der Waals surface area contributed by atoms with Crippen LogP contribution in [-0.4, -0.2) is 42.6 Å². The number of rotatable bonds is 2. The van der Waals surface area contributed by atoms with Gasteiger partial charge >= 0.3 is 0 Å². The molecule has 0 spiro atoms. The molecular formula is C15H26N2. The van der Waals surface area contributed by atoms with Gasteiger partial charge in [0.1, 0.15) is 0 Å². The molecule has 2 aliphatic carbocycles. The van der Waals surface area contributed by atoms with Crippen LogP contribution in [0.25, 0.3) is 0 Å². The van der Waals surface area contributed by atoms with E-state index in [1.807, 2.05) is 0 Å². The molecule has 0 amide bonds. The maximum atomic E-state index is 2.76. The molecule has 2 nitrogen and oxygen atoms in total. The van der Waals surface area contributed by atoms with Crippen LogP contribution in [0.4, 0.5) is 0 Å². The predicted octanol–water partition coefficient (Wildman–Crippen LogP) is 2.41. The second-order valence-corrected chi connectivity index (χ2v) is 7.12. The van der Waals surface area contributed by atoms with Gasteiger partial charge in [-0.3, -0.25) is 9.80 Å². The van der Waals surface area contributed by atoms with Gasteiger partial charge in [0, 0.05) is 26.2 Å². The lowest BCUT2D eigenvalue weighted by Gasteiger charge is -2.25. The molecule has 4 atom stereocenters. The average molecular weight is 234 g/mol. The van der Waals surface area contributed by atoms with Crippen LogP contribution in [0.3, 0.4) is 0 Å². The first kappa shape index (κ1) is 10.8. The van der Waals surface area contributed by atoms with Crippen molar-refractivity contribution in [3.05, 3.63) is 0 Å². The molecule has 2 saturated heterocycles. The molecule has 4 unspecified atom stereocenters. The van der Waals surface area contributed by atoms with Crippen molar-refractivity contribution in [1.29, 1.82) is 0 Å². The summed E-state index contributed by atoms with van der Waals surface area (Å²) in [6.07, 6.45) is 9.10. The maximum absolute atomic E-state index is 2.76. The fourth-order valence-corrected chi connectivity index (χ4v) is 5.18. The minimum atomic E-state index is 1.07. The summed E-state index contributed by atoms with van der Waals surface area (Å²) in [7, 11) is 0. The van der Waals surface area contributed by atoms with E-state index in [-0.39, 0.29) is 0 Å². The molecule has 4 rings (SSSR count). The monoisotopic (exact) mass is 234 g/mol. The summed E-state index contributed by atoms with van der Waals surface area (Å²) in [5, 5.41) is 0. The van der Waals surface area contributed by atoms with Gasteiger partial charge in [0.05, 0.1) is 6.67 Å². The quantitative estimate of drug-likeness (QED) is 0.724. The lowest BCUT2D eigenvalue weighted by atomic mass is 10.0. The van der Waals surface area contributed by atoms with Crippen molar-refractivity contribution >= 4 is 0 Å². The highest BCUT2D eigenvalue weighted by molar-refractivity contribution is 4.91. The zero-order valence-corrected chi connectivity index (χ0v) is 11.0. The van der Waals surface area contributed by atoms with E-state index >= 15 is 0 Å². The van der Waals surface area contributed by atoms with E-state index in [9.17, 15) is 0 Å². The van der Waals surface area contributed by atoms with Gasteiger partial charge in [-0.1, -0.05) is 12.8 Å². The Balaban J connectivity index is 1.31. The first-order valence-electron chi connectivity index (χ1n) is 7.83. The van der Waals surface area contributed by atoms with Gasteiger partial charge in [-0.15, -0.1) is 0 Å². The van der Waals surface area contributed by atoms with Gasteiger partial charge in [0.15, 0.2) is 0 Å².